The molecular weight excluding hydrogens is 271 g/mol. The Morgan fingerprint density at radius 2 is 2.05 bits per heavy atom. The van der Waals surface area contributed by atoms with Crippen molar-refractivity contribution in [1.29, 1.82) is 0 Å². The van der Waals surface area contributed by atoms with Gasteiger partial charge in [-0.25, -0.2) is 4.39 Å². The van der Waals surface area contributed by atoms with Crippen LogP contribution in [0.1, 0.15) is 22.1 Å². The van der Waals surface area contributed by atoms with Gasteiger partial charge in [0, 0.05) is 31.0 Å². The molecule has 0 bridgehead atoms. The smallest absolute Gasteiger partial charge is 0.254 e. The van der Waals surface area contributed by atoms with Crippen molar-refractivity contribution >= 4 is 5.91 Å². The number of hydrogen-bond acceptors (Lipinski definition) is 2. The Morgan fingerprint density at radius 1 is 1.29 bits per heavy atom. The Kier molecular flexibility index (Phi) is 3.75. The third-order valence-corrected chi connectivity index (χ3v) is 3.81. The lowest BCUT2D eigenvalue weighted by atomic mass is 10.1. The Labute approximate surface area is 122 Å². The van der Waals surface area contributed by atoms with E-state index in [0.29, 0.717) is 25.3 Å². The zero-order valence-electron chi connectivity index (χ0n) is 11.8. The van der Waals surface area contributed by atoms with Gasteiger partial charge in [-0.1, -0.05) is 0 Å². The number of aromatic nitrogens is 1. The number of rotatable bonds is 2. The van der Waals surface area contributed by atoms with Crippen LogP contribution in [0.3, 0.4) is 0 Å². The van der Waals surface area contributed by atoms with Crippen LogP contribution < -0.4 is 0 Å². The standard InChI is InChI=1S/C16H17FN2O2/c1-18-8-2-3-14(18)15-11-21-10-9-19(15)16(20)12-4-6-13(17)7-5-12/h2-8,15H,9-11H2,1H3/t15-/m0/s1. The monoisotopic (exact) mass is 288 g/mol. The van der Waals surface area contributed by atoms with Crippen LogP contribution >= 0.6 is 0 Å². The van der Waals surface area contributed by atoms with Crippen LogP contribution in [0.15, 0.2) is 42.6 Å². The summed E-state index contributed by atoms with van der Waals surface area (Å²) >= 11 is 0. The molecule has 0 radical (unpaired) electrons. The van der Waals surface area contributed by atoms with Crippen molar-refractivity contribution in [2.75, 3.05) is 19.8 Å². The molecule has 5 heteroatoms. The van der Waals surface area contributed by atoms with E-state index in [1.807, 2.05) is 29.9 Å². The van der Waals surface area contributed by atoms with Crippen molar-refractivity contribution in [3.63, 3.8) is 0 Å². The van der Waals surface area contributed by atoms with E-state index < -0.39 is 0 Å². The summed E-state index contributed by atoms with van der Waals surface area (Å²) in [6.45, 7) is 1.53. The van der Waals surface area contributed by atoms with Gasteiger partial charge in [0.15, 0.2) is 0 Å². The first-order valence-corrected chi connectivity index (χ1v) is 6.92. The zero-order chi connectivity index (χ0) is 14.8. The molecule has 1 atom stereocenters. The van der Waals surface area contributed by atoms with Crippen molar-refractivity contribution in [2.45, 2.75) is 6.04 Å². The van der Waals surface area contributed by atoms with Crippen molar-refractivity contribution in [2.24, 2.45) is 7.05 Å². The van der Waals surface area contributed by atoms with Gasteiger partial charge < -0.3 is 14.2 Å². The predicted molar refractivity (Wildman–Crippen MR) is 76.4 cm³/mol. The lowest BCUT2D eigenvalue weighted by Crippen LogP contribution is -2.44. The molecule has 1 aliphatic rings. The molecule has 1 fully saturated rings. The average Bonchev–Trinajstić information content (AvgIpc) is 2.93. The van der Waals surface area contributed by atoms with Gasteiger partial charge in [-0.15, -0.1) is 0 Å². The molecule has 21 heavy (non-hydrogen) atoms. The molecule has 0 saturated carbocycles. The highest BCUT2D eigenvalue weighted by molar-refractivity contribution is 5.94. The van der Waals surface area contributed by atoms with Crippen LogP contribution in [0.2, 0.25) is 0 Å². The number of aryl methyl sites for hydroxylation is 1. The van der Waals surface area contributed by atoms with Gasteiger partial charge in [0.1, 0.15) is 5.82 Å². The van der Waals surface area contributed by atoms with E-state index in [9.17, 15) is 9.18 Å². The molecule has 4 nitrogen and oxygen atoms in total. The number of ether oxygens (including phenoxy) is 1. The van der Waals surface area contributed by atoms with Crippen LogP contribution in [0, 0.1) is 5.82 Å². The maximum atomic E-state index is 13.0. The first kappa shape index (κ1) is 13.8. The van der Waals surface area contributed by atoms with Gasteiger partial charge in [0.05, 0.1) is 19.3 Å². The van der Waals surface area contributed by atoms with Crippen LogP contribution in [-0.2, 0) is 11.8 Å². The fourth-order valence-electron chi connectivity index (χ4n) is 2.67. The van der Waals surface area contributed by atoms with E-state index in [0.717, 1.165) is 5.69 Å². The minimum Gasteiger partial charge on any atom is -0.377 e. The number of hydrogen-bond donors (Lipinski definition) is 0. The predicted octanol–water partition coefficient (Wildman–Crippen LogP) is 2.38. The Balaban J connectivity index is 1.89. The molecule has 3 rings (SSSR count). The molecule has 110 valence electrons. The molecule has 0 unspecified atom stereocenters. The van der Waals surface area contributed by atoms with E-state index in [2.05, 4.69) is 0 Å². The second-order valence-electron chi connectivity index (χ2n) is 5.14. The van der Waals surface area contributed by atoms with E-state index in [1.165, 1.54) is 24.3 Å². The average molecular weight is 288 g/mol. The minimum atomic E-state index is -0.340. The molecule has 1 aromatic heterocycles. The van der Waals surface area contributed by atoms with E-state index >= 15 is 0 Å². The maximum absolute atomic E-state index is 13.0. The van der Waals surface area contributed by atoms with Gasteiger partial charge in [0.2, 0.25) is 0 Å². The number of halogens is 1. The van der Waals surface area contributed by atoms with Crippen molar-refractivity contribution in [1.82, 2.24) is 9.47 Å². The molecule has 1 saturated heterocycles. The molecule has 2 aromatic rings. The third-order valence-electron chi connectivity index (χ3n) is 3.81. The summed E-state index contributed by atoms with van der Waals surface area (Å²) in [5.41, 5.74) is 1.53. The second-order valence-corrected chi connectivity index (χ2v) is 5.14. The van der Waals surface area contributed by atoms with Gasteiger partial charge in [-0.05, 0) is 36.4 Å². The van der Waals surface area contributed by atoms with Gasteiger partial charge >= 0.3 is 0 Å². The summed E-state index contributed by atoms with van der Waals surface area (Å²) in [5.74, 6) is -0.433. The minimum absolute atomic E-state index is 0.0931. The Bertz CT molecular complexity index is 636. The summed E-state index contributed by atoms with van der Waals surface area (Å²) < 4.78 is 20.5. The molecule has 0 aliphatic carbocycles. The lowest BCUT2D eigenvalue weighted by Gasteiger charge is -2.36. The van der Waals surface area contributed by atoms with Gasteiger partial charge in [-0.2, -0.15) is 0 Å². The zero-order valence-corrected chi connectivity index (χ0v) is 11.8. The van der Waals surface area contributed by atoms with Crippen molar-refractivity contribution in [3.8, 4) is 0 Å². The Hall–Kier alpha value is -2.14. The number of carbonyl (C=O) groups is 1. The van der Waals surface area contributed by atoms with Gasteiger partial charge in [0.25, 0.3) is 5.91 Å². The summed E-state index contributed by atoms with van der Waals surface area (Å²) in [6.07, 6.45) is 1.95. The first-order valence-electron chi connectivity index (χ1n) is 6.92. The summed E-state index contributed by atoms with van der Waals surface area (Å²) in [4.78, 5) is 14.5. The molecule has 1 aromatic carbocycles. The molecular formula is C16H17FN2O2. The van der Waals surface area contributed by atoms with Crippen LogP contribution in [0.4, 0.5) is 4.39 Å². The lowest BCUT2D eigenvalue weighted by molar-refractivity contribution is -0.00463. The van der Waals surface area contributed by atoms with E-state index in [4.69, 9.17) is 4.74 Å². The molecule has 0 spiro atoms. The van der Waals surface area contributed by atoms with Gasteiger partial charge in [-0.3, -0.25) is 4.79 Å². The van der Waals surface area contributed by atoms with Crippen molar-refractivity contribution in [3.05, 3.63) is 59.7 Å². The number of benzene rings is 1. The number of amides is 1. The largest absolute Gasteiger partial charge is 0.377 e. The van der Waals surface area contributed by atoms with Crippen LogP contribution in [-0.4, -0.2) is 35.1 Å². The summed E-state index contributed by atoms with van der Waals surface area (Å²) in [5, 5.41) is 0. The molecule has 0 N–H and O–H groups in total. The highest BCUT2D eigenvalue weighted by atomic mass is 19.1. The fourth-order valence-corrected chi connectivity index (χ4v) is 2.67. The SMILES string of the molecule is Cn1cccc1[C@@H]1COCCN1C(=O)c1ccc(F)cc1. The summed E-state index contributed by atoms with van der Waals surface area (Å²) in [6, 6.07) is 9.49. The summed E-state index contributed by atoms with van der Waals surface area (Å²) in [7, 11) is 1.95. The highest BCUT2D eigenvalue weighted by Crippen LogP contribution is 2.26. The second kappa shape index (κ2) is 5.69. The number of carbonyl (C=O) groups excluding carboxylic acids is 1. The quantitative estimate of drug-likeness (QED) is 0.850. The van der Waals surface area contributed by atoms with Crippen molar-refractivity contribution < 1.29 is 13.9 Å². The normalized spacial score (nSPS) is 18.8. The van der Waals surface area contributed by atoms with E-state index in [-0.39, 0.29) is 17.8 Å². The number of morpholine rings is 1. The maximum Gasteiger partial charge on any atom is 0.254 e. The topological polar surface area (TPSA) is 34.5 Å². The molecule has 1 aliphatic heterocycles. The first-order chi connectivity index (χ1) is 10.2. The van der Waals surface area contributed by atoms with E-state index in [1.54, 1.807) is 4.90 Å². The van der Waals surface area contributed by atoms with Crippen LogP contribution in [0.5, 0.6) is 0 Å². The fraction of sp³-hybridized carbons (Fsp3) is 0.312. The Morgan fingerprint density at radius 3 is 2.71 bits per heavy atom. The highest BCUT2D eigenvalue weighted by Gasteiger charge is 2.30. The van der Waals surface area contributed by atoms with Crippen LogP contribution in [0.25, 0.3) is 0 Å². The molecule has 1 amide bonds. The molecule has 2 heterocycles. The number of nitrogens with zero attached hydrogens (tertiary/aromatic N) is 2. The third kappa shape index (κ3) is 2.69.